The Morgan fingerprint density at radius 3 is 2.35 bits per heavy atom. The van der Waals surface area contributed by atoms with Gasteiger partial charge in [-0.1, -0.05) is 0 Å². The number of hydrogen-bond acceptors (Lipinski definition) is 8. The summed E-state index contributed by atoms with van der Waals surface area (Å²) in [6, 6.07) is 0. The molecule has 0 aromatic carbocycles. The van der Waals surface area contributed by atoms with E-state index in [4.69, 9.17) is 14.6 Å². The maximum atomic E-state index is 10.1. The van der Waals surface area contributed by atoms with Crippen molar-refractivity contribution < 1.29 is 40.1 Å². The van der Waals surface area contributed by atoms with Crippen LogP contribution in [-0.2, 0) is 9.47 Å². The third-order valence-corrected chi connectivity index (χ3v) is 3.29. The van der Waals surface area contributed by atoms with Crippen LogP contribution in [0, 0.1) is 0 Å². The Hall–Kier alpha value is -0.320. The summed E-state index contributed by atoms with van der Waals surface area (Å²) in [4.78, 5) is 0. The largest absolute Gasteiger partial charge is 0.394 e. The minimum atomic E-state index is -2.33. The predicted molar refractivity (Wildman–Crippen MR) is 50.7 cm³/mol. The Balaban J connectivity index is 2.28. The summed E-state index contributed by atoms with van der Waals surface area (Å²) in [5, 5.41) is 57.5. The molecular weight excluding hydrogens is 236 g/mol. The lowest BCUT2D eigenvalue weighted by Gasteiger charge is -2.52. The molecule has 2 heterocycles. The normalized spacial score (nSPS) is 55.4. The molecule has 2 aliphatic heterocycles. The number of hydrogen-bond donors (Lipinski definition) is 6. The summed E-state index contributed by atoms with van der Waals surface area (Å²) >= 11 is 0. The molecule has 0 unspecified atom stereocenters. The Kier molecular flexibility index (Phi) is 3.40. The number of aliphatic hydroxyl groups excluding tert-OH is 5. The first kappa shape index (κ1) is 13.1. The molecule has 100 valence electrons. The number of fused-ring (bicyclic) bond motifs is 1. The zero-order chi connectivity index (χ0) is 12.8. The number of ether oxygens (including phenoxy) is 2. The summed E-state index contributed by atoms with van der Waals surface area (Å²) in [6.07, 6.45) is -9.06. The average Bonchev–Trinajstić information content (AvgIpc) is 2.32. The first-order valence-corrected chi connectivity index (χ1v) is 5.25. The van der Waals surface area contributed by atoms with Gasteiger partial charge in [0.25, 0.3) is 0 Å². The third-order valence-electron chi connectivity index (χ3n) is 3.29. The highest BCUT2D eigenvalue weighted by Gasteiger charge is 2.62. The van der Waals surface area contributed by atoms with Crippen molar-refractivity contribution in [2.75, 3.05) is 13.2 Å². The van der Waals surface area contributed by atoms with E-state index in [0.29, 0.717) is 0 Å². The van der Waals surface area contributed by atoms with Crippen LogP contribution < -0.4 is 0 Å². The summed E-state index contributed by atoms with van der Waals surface area (Å²) in [6.45, 7) is -0.859. The van der Waals surface area contributed by atoms with E-state index in [1.54, 1.807) is 0 Å². The quantitative estimate of drug-likeness (QED) is 0.277. The van der Waals surface area contributed by atoms with E-state index in [1.165, 1.54) is 0 Å². The van der Waals surface area contributed by atoms with Crippen LogP contribution in [0.5, 0.6) is 0 Å². The topological polar surface area (TPSA) is 140 Å². The Bertz CT molecular complexity index is 282. The minimum Gasteiger partial charge on any atom is -0.394 e. The fraction of sp³-hybridized carbons (Fsp3) is 1.00. The van der Waals surface area contributed by atoms with Crippen molar-refractivity contribution in [3.63, 3.8) is 0 Å². The van der Waals surface area contributed by atoms with Gasteiger partial charge in [0.2, 0.25) is 0 Å². The maximum absolute atomic E-state index is 10.1. The second-order valence-corrected chi connectivity index (χ2v) is 4.36. The van der Waals surface area contributed by atoms with Gasteiger partial charge in [-0.25, -0.2) is 0 Å². The second-order valence-electron chi connectivity index (χ2n) is 4.36. The molecular formula is C9H16O8. The molecule has 0 radical (unpaired) electrons. The van der Waals surface area contributed by atoms with Crippen LogP contribution in [0.25, 0.3) is 0 Å². The molecule has 17 heavy (non-hydrogen) atoms. The van der Waals surface area contributed by atoms with Gasteiger partial charge in [0.1, 0.15) is 30.5 Å². The van der Waals surface area contributed by atoms with Crippen LogP contribution in [0.15, 0.2) is 0 Å². The first-order valence-electron chi connectivity index (χ1n) is 5.25. The monoisotopic (exact) mass is 252 g/mol. The molecule has 6 N–H and O–H groups in total. The van der Waals surface area contributed by atoms with Crippen molar-refractivity contribution in [1.29, 1.82) is 0 Å². The van der Waals surface area contributed by atoms with Gasteiger partial charge in [-0.3, -0.25) is 0 Å². The molecule has 0 spiro atoms. The van der Waals surface area contributed by atoms with Gasteiger partial charge in [0.15, 0.2) is 11.9 Å². The van der Waals surface area contributed by atoms with E-state index < -0.39 is 49.0 Å². The van der Waals surface area contributed by atoms with Gasteiger partial charge in [0.05, 0.1) is 13.2 Å². The van der Waals surface area contributed by atoms with E-state index in [2.05, 4.69) is 0 Å². The molecule has 2 fully saturated rings. The molecule has 0 aromatic rings. The first-order chi connectivity index (χ1) is 7.92. The third kappa shape index (κ3) is 1.77. The van der Waals surface area contributed by atoms with Crippen molar-refractivity contribution in [3.8, 4) is 0 Å². The van der Waals surface area contributed by atoms with Crippen LogP contribution in [0.4, 0.5) is 0 Å². The minimum absolute atomic E-state index is 0.283. The van der Waals surface area contributed by atoms with E-state index >= 15 is 0 Å². The fourth-order valence-electron chi connectivity index (χ4n) is 2.19. The van der Waals surface area contributed by atoms with Gasteiger partial charge in [0, 0.05) is 0 Å². The van der Waals surface area contributed by atoms with Gasteiger partial charge >= 0.3 is 0 Å². The standard InChI is InChI=1S/C9H16O8/c10-1-4-5(12)7(14)9(15)6(13)3(11)2-16-8(9)17-4/h3-8,10-15H,1-2H2/t3-,4+,5+,6-,7-,8+,9-/m0/s1. The number of rotatable bonds is 1. The molecule has 2 rings (SSSR count). The van der Waals surface area contributed by atoms with Crippen LogP contribution in [0.3, 0.4) is 0 Å². The van der Waals surface area contributed by atoms with E-state index in [9.17, 15) is 25.5 Å². The van der Waals surface area contributed by atoms with Crippen molar-refractivity contribution in [1.82, 2.24) is 0 Å². The van der Waals surface area contributed by atoms with Crippen LogP contribution in [-0.4, -0.2) is 86.3 Å². The SMILES string of the molecule is OC[C@H]1O[C@H]2OC[C@H](O)[C@H](O)[C@]2(O)[C@@H](O)[C@@H]1O. The Morgan fingerprint density at radius 2 is 1.76 bits per heavy atom. The molecule has 0 aromatic heterocycles. The Labute approximate surface area is 96.6 Å². The van der Waals surface area contributed by atoms with Gasteiger partial charge in [-0.2, -0.15) is 0 Å². The predicted octanol–water partition coefficient (Wildman–Crippen LogP) is -4.09. The smallest absolute Gasteiger partial charge is 0.192 e. The summed E-state index contributed by atoms with van der Waals surface area (Å²) < 4.78 is 9.99. The van der Waals surface area contributed by atoms with Crippen LogP contribution >= 0.6 is 0 Å². The van der Waals surface area contributed by atoms with Gasteiger partial charge in [-0.05, 0) is 0 Å². The van der Waals surface area contributed by atoms with E-state index in [1.807, 2.05) is 0 Å². The zero-order valence-corrected chi connectivity index (χ0v) is 8.88. The molecule has 7 atom stereocenters. The molecule has 0 aliphatic carbocycles. The summed E-state index contributed by atoms with van der Waals surface area (Å²) in [5.41, 5.74) is -2.33. The average molecular weight is 252 g/mol. The zero-order valence-electron chi connectivity index (χ0n) is 8.88. The van der Waals surface area contributed by atoms with E-state index in [-0.39, 0.29) is 6.61 Å². The summed E-state index contributed by atoms with van der Waals surface area (Å²) in [5.74, 6) is 0. The van der Waals surface area contributed by atoms with Gasteiger partial charge < -0.3 is 40.1 Å². The number of aliphatic hydroxyl groups is 6. The molecule has 8 heteroatoms. The highest BCUT2D eigenvalue weighted by atomic mass is 16.7. The summed E-state index contributed by atoms with van der Waals surface area (Å²) in [7, 11) is 0. The molecule has 0 bridgehead atoms. The highest BCUT2D eigenvalue weighted by Crippen LogP contribution is 2.37. The van der Waals surface area contributed by atoms with Crippen molar-refractivity contribution in [2.24, 2.45) is 0 Å². The van der Waals surface area contributed by atoms with Crippen LogP contribution in [0.2, 0.25) is 0 Å². The lowest BCUT2D eigenvalue weighted by Crippen LogP contribution is -2.76. The fourth-order valence-corrected chi connectivity index (χ4v) is 2.19. The van der Waals surface area contributed by atoms with Crippen LogP contribution in [0.1, 0.15) is 0 Å². The van der Waals surface area contributed by atoms with Crippen molar-refractivity contribution in [2.45, 2.75) is 42.4 Å². The molecule has 8 nitrogen and oxygen atoms in total. The second kappa shape index (κ2) is 4.41. The molecule has 2 saturated heterocycles. The molecule has 0 amide bonds. The lowest BCUT2D eigenvalue weighted by atomic mass is 9.79. The van der Waals surface area contributed by atoms with Gasteiger partial charge in [-0.15, -0.1) is 0 Å². The lowest BCUT2D eigenvalue weighted by molar-refractivity contribution is -0.390. The van der Waals surface area contributed by atoms with E-state index in [0.717, 1.165) is 0 Å². The Morgan fingerprint density at radius 1 is 1.12 bits per heavy atom. The molecule has 0 saturated carbocycles. The molecule has 2 aliphatic rings. The van der Waals surface area contributed by atoms with Crippen molar-refractivity contribution in [3.05, 3.63) is 0 Å². The maximum Gasteiger partial charge on any atom is 0.192 e. The highest BCUT2D eigenvalue weighted by molar-refractivity contribution is 5.08. The van der Waals surface area contributed by atoms with Crippen molar-refractivity contribution >= 4 is 0 Å².